The summed E-state index contributed by atoms with van der Waals surface area (Å²) in [4.78, 5) is 2.22. The average molecular weight is 172 g/mol. The van der Waals surface area contributed by atoms with Gasteiger partial charge in [-0.2, -0.15) is 0 Å². The van der Waals surface area contributed by atoms with Crippen molar-refractivity contribution in [1.29, 1.82) is 0 Å². The molecule has 0 aliphatic heterocycles. The van der Waals surface area contributed by atoms with Gasteiger partial charge in [0.15, 0.2) is 0 Å². The summed E-state index contributed by atoms with van der Waals surface area (Å²) < 4.78 is 5.11. The summed E-state index contributed by atoms with van der Waals surface area (Å²) in [6.07, 6.45) is 1.90. The molecular formula is C9H20N2O. The summed E-state index contributed by atoms with van der Waals surface area (Å²) in [6.45, 7) is 6.30. The van der Waals surface area contributed by atoms with E-state index in [4.69, 9.17) is 4.74 Å². The van der Waals surface area contributed by atoms with E-state index in [0.717, 1.165) is 19.7 Å². The van der Waals surface area contributed by atoms with Crippen LogP contribution in [0.3, 0.4) is 0 Å². The van der Waals surface area contributed by atoms with Gasteiger partial charge in [-0.15, -0.1) is 6.58 Å². The molecule has 0 fully saturated rings. The first-order valence-electron chi connectivity index (χ1n) is 4.21. The van der Waals surface area contributed by atoms with Crippen molar-refractivity contribution in [2.24, 2.45) is 0 Å². The molecule has 0 radical (unpaired) electrons. The molecule has 0 amide bonds. The van der Waals surface area contributed by atoms with E-state index in [9.17, 15) is 0 Å². The summed E-state index contributed by atoms with van der Waals surface area (Å²) in [6, 6.07) is 0.429. The molecule has 1 N–H and O–H groups in total. The van der Waals surface area contributed by atoms with Crippen molar-refractivity contribution < 1.29 is 4.74 Å². The summed E-state index contributed by atoms with van der Waals surface area (Å²) in [5, 5.41) is 3.14. The number of likely N-dealkylation sites (N-methyl/N-ethyl adjacent to an activating group) is 2. The van der Waals surface area contributed by atoms with Gasteiger partial charge in [0.05, 0.1) is 6.61 Å². The number of rotatable bonds is 7. The molecule has 0 aliphatic rings. The lowest BCUT2D eigenvalue weighted by Gasteiger charge is -2.25. The molecule has 0 spiro atoms. The lowest BCUT2D eigenvalue weighted by Crippen LogP contribution is -2.42. The van der Waals surface area contributed by atoms with Crippen LogP contribution in [0.2, 0.25) is 0 Å². The van der Waals surface area contributed by atoms with E-state index in [1.54, 1.807) is 7.11 Å². The standard InChI is InChI=1S/C9H20N2O/c1-5-6-11(3)9(7-10-2)8-12-4/h5,9-10H,1,6-8H2,2-4H3. The molecular weight excluding hydrogens is 152 g/mol. The minimum absolute atomic E-state index is 0.429. The summed E-state index contributed by atoms with van der Waals surface area (Å²) >= 11 is 0. The molecule has 0 heterocycles. The molecule has 0 saturated heterocycles. The van der Waals surface area contributed by atoms with Gasteiger partial charge in [-0.1, -0.05) is 6.08 Å². The monoisotopic (exact) mass is 172 g/mol. The first-order valence-corrected chi connectivity index (χ1v) is 4.21. The highest BCUT2D eigenvalue weighted by Crippen LogP contribution is 1.95. The SMILES string of the molecule is C=CCN(C)C(CNC)COC. The molecule has 0 saturated carbocycles. The smallest absolute Gasteiger partial charge is 0.0630 e. The fraction of sp³-hybridized carbons (Fsp3) is 0.778. The minimum atomic E-state index is 0.429. The number of ether oxygens (including phenoxy) is 1. The third kappa shape index (κ3) is 4.49. The lowest BCUT2D eigenvalue weighted by molar-refractivity contribution is 0.113. The van der Waals surface area contributed by atoms with Crippen molar-refractivity contribution in [2.75, 3.05) is 40.9 Å². The Bertz CT molecular complexity index is 111. The van der Waals surface area contributed by atoms with Crippen molar-refractivity contribution in [2.45, 2.75) is 6.04 Å². The van der Waals surface area contributed by atoms with Crippen LogP contribution in [0.25, 0.3) is 0 Å². The van der Waals surface area contributed by atoms with E-state index >= 15 is 0 Å². The zero-order valence-corrected chi connectivity index (χ0v) is 8.34. The Morgan fingerprint density at radius 1 is 1.67 bits per heavy atom. The van der Waals surface area contributed by atoms with Crippen LogP contribution >= 0.6 is 0 Å². The fourth-order valence-electron chi connectivity index (χ4n) is 1.12. The van der Waals surface area contributed by atoms with E-state index < -0.39 is 0 Å². The van der Waals surface area contributed by atoms with Gasteiger partial charge < -0.3 is 10.1 Å². The number of hydrogen-bond acceptors (Lipinski definition) is 3. The summed E-state index contributed by atoms with van der Waals surface area (Å²) in [5.41, 5.74) is 0. The largest absolute Gasteiger partial charge is 0.383 e. The van der Waals surface area contributed by atoms with Gasteiger partial charge in [0, 0.05) is 26.2 Å². The molecule has 0 aromatic rings. The van der Waals surface area contributed by atoms with Gasteiger partial charge in [-0.25, -0.2) is 0 Å². The van der Waals surface area contributed by atoms with E-state index in [-0.39, 0.29) is 0 Å². The number of hydrogen-bond donors (Lipinski definition) is 1. The Kier molecular flexibility index (Phi) is 7.05. The van der Waals surface area contributed by atoms with Gasteiger partial charge in [-0.05, 0) is 14.1 Å². The zero-order chi connectivity index (χ0) is 9.40. The Morgan fingerprint density at radius 2 is 2.33 bits per heavy atom. The van der Waals surface area contributed by atoms with Gasteiger partial charge in [-0.3, -0.25) is 4.90 Å². The minimum Gasteiger partial charge on any atom is -0.383 e. The van der Waals surface area contributed by atoms with Gasteiger partial charge >= 0.3 is 0 Å². The maximum atomic E-state index is 5.11. The maximum Gasteiger partial charge on any atom is 0.0630 e. The van der Waals surface area contributed by atoms with E-state index in [0.29, 0.717) is 6.04 Å². The highest BCUT2D eigenvalue weighted by atomic mass is 16.5. The highest BCUT2D eigenvalue weighted by Gasteiger charge is 2.11. The second-order valence-electron chi connectivity index (χ2n) is 2.90. The van der Waals surface area contributed by atoms with Crippen LogP contribution < -0.4 is 5.32 Å². The Balaban J connectivity index is 3.80. The number of nitrogens with one attached hydrogen (secondary N) is 1. The highest BCUT2D eigenvalue weighted by molar-refractivity contribution is 4.77. The van der Waals surface area contributed by atoms with E-state index in [1.165, 1.54) is 0 Å². The number of methoxy groups -OCH3 is 1. The normalized spacial score (nSPS) is 13.3. The van der Waals surface area contributed by atoms with E-state index in [1.807, 2.05) is 13.1 Å². The van der Waals surface area contributed by atoms with Gasteiger partial charge in [0.2, 0.25) is 0 Å². The van der Waals surface area contributed by atoms with Crippen LogP contribution in [-0.2, 0) is 4.74 Å². The first kappa shape index (κ1) is 11.6. The third-order valence-electron chi connectivity index (χ3n) is 1.84. The average Bonchev–Trinajstić information content (AvgIpc) is 2.04. The van der Waals surface area contributed by atoms with Crippen LogP contribution in [0.15, 0.2) is 12.7 Å². The van der Waals surface area contributed by atoms with Crippen LogP contribution in [0.1, 0.15) is 0 Å². The molecule has 0 aliphatic carbocycles. The van der Waals surface area contributed by atoms with E-state index in [2.05, 4.69) is 23.8 Å². The molecule has 0 bridgehead atoms. The molecule has 72 valence electrons. The van der Waals surface area contributed by atoms with Crippen LogP contribution in [0.4, 0.5) is 0 Å². The van der Waals surface area contributed by atoms with Gasteiger partial charge in [0.25, 0.3) is 0 Å². The quantitative estimate of drug-likeness (QED) is 0.560. The lowest BCUT2D eigenvalue weighted by atomic mass is 10.2. The van der Waals surface area contributed by atoms with Crippen molar-refractivity contribution in [3.8, 4) is 0 Å². The first-order chi connectivity index (χ1) is 5.76. The topological polar surface area (TPSA) is 24.5 Å². The Hall–Kier alpha value is -0.380. The fourth-order valence-corrected chi connectivity index (χ4v) is 1.12. The van der Waals surface area contributed by atoms with Crippen LogP contribution in [0, 0.1) is 0 Å². The zero-order valence-electron chi connectivity index (χ0n) is 8.34. The predicted octanol–water partition coefficient (Wildman–Crippen LogP) is 0.339. The predicted molar refractivity (Wildman–Crippen MR) is 52.4 cm³/mol. The van der Waals surface area contributed by atoms with Crippen LogP contribution in [-0.4, -0.2) is 51.8 Å². The van der Waals surface area contributed by atoms with Crippen molar-refractivity contribution >= 4 is 0 Å². The molecule has 3 heteroatoms. The molecule has 0 aromatic heterocycles. The molecule has 12 heavy (non-hydrogen) atoms. The number of nitrogens with zero attached hydrogens (tertiary/aromatic N) is 1. The second kappa shape index (κ2) is 7.28. The van der Waals surface area contributed by atoms with Crippen molar-refractivity contribution in [3.63, 3.8) is 0 Å². The van der Waals surface area contributed by atoms with Crippen molar-refractivity contribution in [1.82, 2.24) is 10.2 Å². The molecule has 1 unspecified atom stereocenters. The molecule has 0 aromatic carbocycles. The van der Waals surface area contributed by atoms with Gasteiger partial charge in [0.1, 0.15) is 0 Å². The maximum absolute atomic E-state index is 5.11. The molecule has 0 rings (SSSR count). The molecule has 3 nitrogen and oxygen atoms in total. The summed E-state index contributed by atoms with van der Waals surface area (Å²) in [7, 11) is 5.75. The van der Waals surface area contributed by atoms with Crippen molar-refractivity contribution in [3.05, 3.63) is 12.7 Å². The Labute approximate surface area is 75.4 Å². The van der Waals surface area contributed by atoms with Crippen LogP contribution in [0.5, 0.6) is 0 Å². The Morgan fingerprint density at radius 3 is 2.75 bits per heavy atom. The third-order valence-corrected chi connectivity index (χ3v) is 1.84. The molecule has 1 atom stereocenters. The summed E-state index contributed by atoms with van der Waals surface area (Å²) in [5.74, 6) is 0. The second-order valence-corrected chi connectivity index (χ2v) is 2.90.